The zero-order chi connectivity index (χ0) is 22.2. The van der Waals surface area contributed by atoms with E-state index in [1.165, 1.54) is 24.1 Å². The fourth-order valence-electron chi connectivity index (χ4n) is 3.12. The number of benzene rings is 2. The first-order valence-electron chi connectivity index (χ1n) is 11.4. The van der Waals surface area contributed by atoms with E-state index in [1.54, 1.807) is 7.11 Å². The Bertz CT molecular complexity index is 676. The van der Waals surface area contributed by atoms with Crippen molar-refractivity contribution in [3.8, 4) is 11.5 Å². The van der Waals surface area contributed by atoms with Gasteiger partial charge in [-0.1, -0.05) is 62.6 Å². The average Bonchev–Trinajstić information content (AvgIpc) is 2.76. The van der Waals surface area contributed by atoms with Crippen LogP contribution in [0.15, 0.2) is 48.5 Å². The highest BCUT2D eigenvalue weighted by molar-refractivity contribution is 5.56. The SMILES string of the molecule is CCCCC(C)Oc1cc(N(CC)CCNCC)ccc1OC.Cc1ccccc1. The smallest absolute Gasteiger partial charge is 0.163 e. The number of nitrogens with one attached hydrogen (secondary N) is 1. The van der Waals surface area contributed by atoms with Crippen LogP contribution in [0.2, 0.25) is 0 Å². The molecule has 0 aliphatic carbocycles. The summed E-state index contributed by atoms with van der Waals surface area (Å²) in [5, 5.41) is 3.38. The predicted octanol–water partition coefficient (Wildman–Crippen LogP) is 6.08. The van der Waals surface area contributed by atoms with Crippen molar-refractivity contribution in [3.05, 3.63) is 54.1 Å². The normalized spacial score (nSPS) is 11.3. The van der Waals surface area contributed by atoms with Gasteiger partial charge in [-0.3, -0.25) is 0 Å². The number of aryl methyl sites for hydroxylation is 1. The van der Waals surface area contributed by atoms with E-state index in [0.717, 1.165) is 44.1 Å². The summed E-state index contributed by atoms with van der Waals surface area (Å²) in [4.78, 5) is 2.35. The third-order valence-corrected chi connectivity index (χ3v) is 4.94. The Morgan fingerprint density at radius 3 is 2.27 bits per heavy atom. The Morgan fingerprint density at radius 2 is 1.73 bits per heavy atom. The van der Waals surface area contributed by atoms with Gasteiger partial charge in [0.1, 0.15) is 0 Å². The van der Waals surface area contributed by atoms with Crippen LogP contribution in [0, 0.1) is 6.92 Å². The molecule has 0 radical (unpaired) electrons. The molecule has 168 valence electrons. The Hall–Kier alpha value is -2.20. The summed E-state index contributed by atoms with van der Waals surface area (Å²) < 4.78 is 11.6. The van der Waals surface area contributed by atoms with Gasteiger partial charge in [0.05, 0.1) is 13.2 Å². The van der Waals surface area contributed by atoms with E-state index in [4.69, 9.17) is 9.47 Å². The van der Waals surface area contributed by atoms with Gasteiger partial charge in [0.15, 0.2) is 11.5 Å². The molecule has 30 heavy (non-hydrogen) atoms. The number of anilines is 1. The van der Waals surface area contributed by atoms with Crippen LogP contribution >= 0.6 is 0 Å². The highest BCUT2D eigenvalue weighted by atomic mass is 16.5. The molecule has 0 amide bonds. The van der Waals surface area contributed by atoms with Crippen molar-refractivity contribution >= 4 is 5.69 Å². The molecule has 2 aromatic carbocycles. The summed E-state index contributed by atoms with van der Waals surface area (Å²) >= 11 is 0. The maximum atomic E-state index is 6.13. The Labute approximate surface area is 184 Å². The lowest BCUT2D eigenvalue weighted by Gasteiger charge is -2.25. The summed E-state index contributed by atoms with van der Waals surface area (Å²) in [6.07, 6.45) is 3.66. The van der Waals surface area contributed by atoms with Gasteiger partial charge in [-0.25, -0.2) is 0 Å². The summed E-state index contributed by atoms with van der Waals surface area (Å²) in [6.45, 7) is 14.7. The molecule has 0 fully saturated rings. The van der Waals surface area contributed by atoms with Gasteiger partial charge in [-0.05, 0) is 45.9 Å². The third-order valence-electron chi connectivity index (χ3n) is 4.94. The highest BCUT2D eigenvalue weighted by Crippen LogP contribution is 2.33. The van der Waals surface area contributed by atoms with E-state index in [2.05, 4.69) is 69.1 Å². The van der Waals surface area contributed by atoms with Crippen LogP contribution in [0.25, 0.3) is 0 Å². The zero-order valence-corrected chi connectivity index (χ0v) is 19.9. The second kappa shape index (κ2) is 15.6. The van der Waals surface area contributed by atoms with Crippen molar-refractivity contribution in [3.63, 3.8) is 0 Å². The van der Waals surface area contributed by atoms with Gasteiger partial charge < -0.3 is 19.7 Å². The van der Waals surface area contributed by atoms with Crippen LogP contribution in [0.5, 0.6) is 11.5 Å². The molecule has 1 atom stereocenters. The molecule has 0 spiro atoms. The molecule has 0 bridgehead atoms. The first-order chi connectivity index (χ1) is 14.5. The number of hydrogen-bond donors (Lipinski definition) is 1. The molecule has 0 aromatic heterocycles. The molecule has 0 saturated carbocycles. The fourth-order valence-corrected chi connectivity index (χ4v) is 3.12. The molecule has 0 aliphatic rings. The van der Waals surface area contributed by atoms with Crippen molar-refractivity contribution in [1.29, 1.82) is 0 Å². The first kappa shape index (κ1) is 25.8. The number of nitrogens with zero attached hydrogens (tertiary/aromatic N) is 1. The molecule has 2 rings (SSSR count). The molecule has 0 saturated heterocycles. The van der Waals surface area contributed by atoms with E-state index < -0.39 is 0 Å². The van der Waals surface area contributed by atoms with Crippen LogP contribution in [0.4, 0.5) is 5.69 Å². The largest absolute Gasteiger partial charge is 0.493 e. The van der Waals surface area contributed by atoms with Crippen LogP contribution in [0.3, 0.4) is 0 Å². The molecule has 2 aromatic rings. The maximum absolute atomic E-state index is 6.13. The van der Waals surface area contributed by atoms with E-state index in [0.29, 0.717) is 0 Å². The maximum Gasteiger partial charge on any atom is 0.163 e. The molecule has 1 N–H and O–H groups in total. The molecule has 0 aliphatic heterocycles. The minimum absolute atomic E-state index is 0.205. The number of hydrogen-bond acceptors (Lipinski definition) is 4. The van der Waals surface area contributed by atoms with Gasteiger partial charge >= 0.3 is 0 Å². The molecule has 4 heteroatoms. The average molecular weight is 415 g/mol. The zero-order valence-electron chi connectivity index (χ0n) is 19.9. The lowest BCUT2D eigenvalue weighted by molar-refractivity contribution is 0.198. The van der Waals surface area contributed by atoms with Gasteiger partial charge in [0, 0.05) is 31.4 Å². The summed E-state index contributed by atoms with van der Waals surface area (Å²) in [5.41, 5.74) is 2.51. The number of methoxy groups -OCH3 is 1. The van der Waals surface area contributed by atoms with Crippen LogP contribution in [-0.4, -0.2) is 39.4 Å². The van der Waals surface area contributed by atoms with Crippen LogP contribution in [0.1, 0.15) is 52.5 Å². The van der Waals surface area contributed by atoms with E-state index in [-0.39, 0.29) is 6.10 Å². The second-order valence-electron chi connectivity index (χ2n) is 7.49. The standard InChI is InChI=1S/C19H34N2O2.C7H8/c1-6-9-10-16(4)23-19-15-17(11-12-18(19)22-5)21(8-3)14-13-20-7-2;1-7-5-3-2-4-6-7/h11-12,15-16,20H,6-10,13-14H2,1-5H3;2-6H,1H3. The first-order valence-corrected chi connectivity index (χ1v) is 11.4. The predicted molar refractivity (Wildman–Crippen MR) is 130 cm³/mol. The minimum atomic E-state index is 0.205. The minimum Gasteiger partial charge on any atom is -0.493 e. The van der Waals surface area contributed by atoms with E-state index in [9.17, 15) is 0 Å². The van der Waals surface area contributed by atoms with Crippen molar-refractivity contribution in [1.82, 2.24) is 5.32 Å². The summed E-state index contributed by atoms with van der Waals surface area (Å²) in [6, 6.07) is 16.5. The molecule has 4 nitrogen and oxygen atoms in total. The second-order valence-corrected chi connectivity index (χ2v) is 7.49. The van der Waals surface area contributed by atoms with Crippen LogP contribution < -0.4 is 19.7 Å². The third kappa shape index (κ3) is 10.0. The number of rotatable bonds is 12. The van der Waals surface area contributed by atoms with Crippen molar-refractivity contribution < 1.29 is 9.47 Å². The quantitative estimate of drug-likeness (QED) is 0.427. The fraction of sp³-hybridized carbons (Fsp3) is 0.538. The Kier molecular flexibility index (Phi) is 13.4. The number of likely N-dealkylation sites (N-methyl/N-ethyl adjacent to an activating group) is 2. The van der Waals surface area contributed by atoms with Crippen molar-refractivity contribution in [2.75, 3.05) is 38.2 Å². The lowest BCUT2D eigenvalue weighted by Crippen LogP contribution is -2.31. The molecular weight excluding hydrogens is 372 g/mol. The van der Waals surface area contributed by atoms with Gasteiger partial charge in [-0.15, -0.1) is 0 Å². The Balaban J connectivity index is 0.000000539. The lowest BCUT2D eigenvalue weighted by atomic mass is 10.2. The van der Waals surface area contributed by atoms with Gasteiger partial charge in [-0.2, -0.15) is 0 Å². The number of ether oxygens (including phenoxy) is 2. The monoisotopic (exact) mass is 414 g/mol. The van der Waals surface area contributed by atoms with Crippen molar-refractivity contribution in [2.45, 2.75) is 60.0 Å². The molecule has 0 heterocycles. The Morgan fingerprint density at radius 1 is 1.00 bits per heavy atom. The highest BCUT2D eigenvalue weighted by Gasteiger charge is 2.12. The van der Waals surface area contributed by atoms with E-state index in [1.807, 2.05) is 24.3 Å². The topological polar surface area (TPSA) is 33.7 Å². The van der Waals surface area contributed by atoms with Gasteiger partial charge in [0.2, 0.25) is 0 Å². The molecule has 1 unspecified atom stereocenters. The number of unbranched alkanes of at least 4 members (excludes halogenated alkanes) is 1. The summed E-state index contributed by atoms with van der Waals surface area (Å²) in [7, 11) is 1.70. The van der Waals surface area contributed by atoms with Crippen LogP contribution in [-0.2, 0) is 0 Å². The molecular formula is C26H42N2O2. The van der Waals surface area contributed by atoms with E-state index >= 15 is 0 Å². The van der Waals surface area contributed by atoms with Gasteiger partial charge in [0.25, 0.3) is 0 Å². The summed E-state index contributed by atoms with van der Waals surface area (Å²) in [5.74, 6) is 1.65. The van der Waals surface area contributed by atoms with Crippen molar-refractivity contribution in [2.24, 2.45) is 0 Å².